The fraction of sp³-hybridized carbons (Fsp3) is 0.462. The second-order valence-electron chi connectivity index (χ2n) is 4.42. The van der Waals surface area contributed by atoms with Gasteiger partial charge < -0.3 is 9.26 Å². The molecule has 0 aliphatic carbocycles. The van der Waals surface area contributed by atoms with Crippen molar-refractivity contribution in [1.29, 1.82) is 0 Å². The average molecular weight is 333 g/mol. The van der Waals surface area contributed by atoms with Crippen LogP contribution in [0.15, 0.2) is 30.3 Å². The Bertz CT molecular complexity index is 482. The van der Waals surface area contributed by atoms with E-state index in [2.05, 4.69) is 5.09 Å². The number of hydrogen-bond acceptors (Lipinski definition) is 5. The molecular weight excluding hydrogens is 313 g/mol. The number of para-hydroxylation sites is 1. The smallest absolute Gasteiger partial charge is 0.323 e. The largest absolute Gasteiger partial charge is 0.462 e. The van der Waals surface area contributed by atoms with Gasteiger partial charge >= 0.3 is 5.97 Å². The molecule has 0 saturated carbocycles. The van der Waals surface area contributed by atoms with Crippen LogP contribution >= 0.6 is 17.0 Å². The molecule has 0 bridgehead atoms. The molecule has 0 aliphatic heterocycles. The number of carbonyl (C=O) groups excluding carboxylic acids is 1. The molecule has 0 heterocycles. The van der Waals surface area contributed by atoms with Crippen LogP contribution in [0, 0.1) is 0 Å². The van der Waals surface area contributed by atoms with Gasteiger partial charge in [-0.2, -0.15) is 0 Å². The monoisotopic (exact) mass is 333 g/mol. The van der Waals surface area contributed by atoms with Crippen molar-refractivity contribution in [1.82, 2.24) is 5.09 Å². The predicted octanol–water partition coefficient (Wildman–Crippen LogP) is 3.58. The molecule has 0 amide bonds. The lowest BCUT2D eigenvalue weighted by atomic mass is 10.3. The maximum atomic E-state index is 11.8. The Labute approximate surface area is 129 Å². The zero-order valence-corrected chi connectivity index (χ0v) is 14.6. The topological polar surface area (TPSA) is 47.6 Å². The molecule has 1 N–H and O–H groups in total. The molecule has 0 aromatic heterocycles. The SMILES string of the molecule is CSP(=S)(N[C@H](C)C(=O)OC(C)C)Oc1ccccc1. The van der Waals surface area contributed by atoms with Crippen molar-refractivity contribution in [2.75, 3.05) is 6.26 Å². The Kier molecular flexibility index (Phi) is 7.03. The van der Waals surface area contributed by atoms with Gasteiger partial charge in [0.15, 0.2) is 0 Å². The fourth-order valence-electron chi connectivity index (χ4n) is 1.36. The molecule has 4 nitrogen and oxygen atoms in total. The third-order valence-corrected chi connectivity index (χ3v) is 7.77. The summed E-state index contributed by atoms with van der Waals surface area (Å²) in [5.41, 5.74) is -2.38. The van der Waals surface area contributed by atoms with E-state index in [1.54, 1.807) is 6.92 Å². The first kappa shape index (κ1) is 17.5. The van der Waals surface area contributed by atoms with Crippen molar-refractivity contribution in [3.05, 3.63) is 30.3 Å². The standard InChI is InChI=1S/C13H20NO3PS2/c1-10(2)16-13(15)11(3)14-18(19,20-4)17-12-8-6-5-7-9-12/h5-11H,1-4H3,(H,14,19)/t11-,18?/m1/s1. The molecule has 0 fully saturated rings. The molecule has 0 saturated heterocycles. The molecule has 1 aromatic carbocycles. The highest BCUT2D eigenvalue weighted by atomic mass is 32.9. The quantitative estimate of drug-likeness (QED) is 0.608. The van der Waals surface area contributed by atoms with Crippen molar-refractivity contribution in [2.24, 2.45) is 0 Å². The van der Waals surface area contributed by atoms with Gasteiger partial charge in [-0.15, -0.1) is 0 Å². The second kappa shape index (κ2) is 8.03. The second-order valence-corrected chi connectivity index (χ2v) is 11.1. The van der Waals surface area contributed by atoms with E-state index in [0.29, 0.717) is 5.75 Å². The number of rotatable bonds is 7. The molecule has 1 aromatic rings. The van der Waals surface area contributed by atoms with Crippen molar-refractivity contribution in [3.8, 4) is 5.75 Å². The Balaban J connectivity index is 2.70. The lowest BCUT2D eigenvalue weighted by Gasteiger charge is -2.25. The van der Waals surface area contributed by atoms with Crippen LogP contribution in [0.4, 0.5) is 0 Å². The minimum atomic E-state index is -2.38. The van der Waals surface area contributed by atoms with Gasteiger partial charge in [-0.25, -0.2) is 5.09 Å². The maximum Gasteiger partial charge on any atom is 0.323 e. The normalized spacial score (nSPS) is 15.4. The van der Waals surface area contributed by atoms with Crippen LogP contribution in [-0.2, 0) is 21.3 Å². The van der Waals surface area contributed by atoms with Gasteiger partial charge in [0.1, 0.15) is 11.8 Å². The third-order valence-electron chi connectivity index (χ3n) is 2.27. The molecular formula is C13H20NO3PS2. The lowest BCUT2D eigenvalue weighted by molar-refractivity contribution is -0.148. The highest BCUT2D eigenvalue weighted by Gasteiger charge is 2.26. The van der Waals surface area contributed by atoms with Crippen molar-refractivity contribution < 1.29 is 14.1 Å². The van der Waals surface area contributed by atoms with Crippen LogP contribution < -0.4 is 9.61 Å². The Morgan fingerprint density at radius 2 is 1.90 bits per heavy atom. The summed E-state index contributed by atoms with van der Waals surface area (Å²) in [4.78, 5) is 11.8. The summed E-state index contributed by atoms with van der Waals surface area (Å²) >= 11 is 6.94. The van der Waals surface area contributed by atoms with E-state index in [0.717, 1.165) is 0 Å². The first-order chi connectivity index (χ1) is 9.36. The van der Waals surface area contributed by atoms with Gasteiger partial charge in [-0.1, -0.05) is 29.6 Å². The molecule has 0 radical (unpaired) electrons. The van der Waals surface area contributed by atoms with Crippen molar-refractivity contribution in [3.63, 3.8) is 0 Å². The summed E-state index contributed by atoms with van der Waals surface area (Å²) in [7, 11) is 0. The molecule has 0 spiro atoms. The minimum Gasteiger partial charge on any atom is -0.462 e. The Morgan fingerprint density at radius 3 is 2.40 bits per heavy atom. The average Bonchev–Trinajstić information content (AvgIpc) is 2.39. The number of esters is 1. The van der Waals surface area contributed by atoms with E-state index in [1.165, 1.54) is 11.4 Å². The van der Waals surface area contributed by atoms with E-state index in [4.69, 9.17) is 21.1 Å². The van der Waals surface area contributed by atoms with Crippen LogP contribution in [0.1, 0.15) is 20.8 Å². The minimum absolute atomic E-state index is 0.145. The molecule has 7 heteroatoms. The van der Waals surface area contributed by atoms with E-state index >= 15 is 0 Å². The zero-order valence-electron chi connectivity index (χ0n) is 12.0. The summed E-state index contributed by atoms with van der Waals surface area (Å²) in [5.74, 6) is 0.377. The fourth-order valence-corrected chi connectivity index (χ4v) is 4.58. The first-order valence-corrected chi connectivity index (χ1v) is 10.8. The number of hydrogen-bond donors (Lipinski definition) is 1. The van der Waals surface area contributed by atoms with Gasteiger partial charge in [0.2, 0.25) is 5.62 Å². The van der Waals surface area contributed by atoms with E-state index in [1.807, 2.05) is 50.4 Å². The highest BCUT2D eigenvalue weighted by molar-refractivity contribution is 8.68. The van der Waals surface area contributed by atoms with Gasteiger partial charge in [0.05, 0.1) is 6.10 Å². The van der Waals surface area contributed by atoms with Crippen molar-refractivity contribution >= 4 is 34.8 Å². The summed E-state index contributed by atoms with van der Waals surface area (Å²) in [6.45, 7) is 5.36. The van der Waals surface area contributed by atoms with Gasteiger partial charge in [-0.05, 0) is 51.0 Å². The number of nitrogens with one attached hydrogen (secondary N) is 1. The first-order valence-electron chi connectivity index (χ1n) is 6.25. The van der Waals surface area contributed by atoms with Gasteiger partial charge in [0.25, 0.3) is 0 Å². The molecule has 1 rings (SSSR count). The van der Waals surface area contributed by atoms with Gasteiger partial charge in [-0.3, -0.25) is 4.79 Å². The van der Waals surface area contributed by atoms with E-state index < -0.39 is 11.7 Å². The molecule has 2 atom stereocenters. The van der Waals surface area contributed by atoms with Crippen LogP contribution in [0.3, 0.4) is 0 Å². The van der Waals surface area contributed by atoms with Crippen LogP contribution in [-0.4, -0.2) is 24.4 Å². The molecule has 1 unspecified atom stereocenters. The predicted molar refractivity (Wildman–Crippen MR) is 88.7 cm³/mol. The molecule has 112 valence electrons. The molecule has 0 aliphatic rings. The number of benzene rings is 1. The Hall–Kier alpha value is -0.550. The number of ether oxygens (including phenoxy) is 1. The van der Waals surface area contributed by atoms with E-state index in [9.17, 15) is 4.79 Å². The maximum absolute atomic E-state index is 11.8. The third kappa shape index (κ3) is 5.83. The van der Waals surface area contributed by atoms with Crippen molar-refractivity contribution in [2.45, 2.75) is 32.9 Å². The molecule has 20 heavy (non-hydrogen) atoms. The lowest BCUT2D eigenvalue weighted by Crippen LogP contribution is -2.34. The number of carbonyl (C=O) groups is 1. The summed E-state index contributed by atoms with van der Waals surface area (Å²) in [6, 6.07) is 8.86. The van der Waals surface area contributed by atoms with Crippen LogP contribution in [0.5, 0.6) is 5.75 Å². The Morgan fingerprint density at radius 1 is 1.30 bits per heavy atom. The summed E-state index contributed by atoms with van der Waals surface area (Å²) in [5, 5.41) is 3.09. The highest BCUT2D eigenvalue weighted by Crippen LogP contribution is 2.54. The van der Waals surface area contributed by atoms with Crippen LogP contribution in [0.2, 0.25) is 0 Å². The zero-order chi connectivity index (χ0) is 15.2. The van der Waals surface area contributed by atoms with Crippen LogP contribution in [0.25, 0.3) is 0 Å². The summed E-state index contributed by atoms with van der Waals surface area (Å²) < 4.78 is 11.0. The van der Waals surface area contributed by atoms with E-state index in [-0.39, 0.29) is 12.1 Å². The summed E-state index contributed by atoms with van der Waals surface area (Å²) in [6.07, 6.45) is 1.73. The van der Waals surface area contributed by atoms with Gasteiger partial charge in [0, 0.05) is 0 Å².